The van der Waals surface area contributed by atoms with E-state index < -0.39 is 0 Å². The zero-order valence-electron chi connectivity index (χ0n) is 17.3. The second-order valence-corrected chi connectivity index (χ2v) is 7.69. The summed E-state index contributed by atoms with van der Waals surface area (Å²) in [7, 11) is 0. The fourth-order valence-electron chi connectivity index (χ4n) is 3.37. The molecular formula is C23H30N4O2. The SMILES string of the molecule is CCCCNC(=O)c1cccc(C(=O)Nc2ccc(N3CCC(C)CC3)cc2)n1. The predicted octanol–water partition coefficient (Wildman–Crippen LogP) is 4.10. The van der Waals surface area contributed by atoms with Gasteiger partial charge in [-0.25, -0.2) is 4.98 Å². The number of nitrogens with one attached hydrogen (secondary N) is 2. The number of aromatic nitrogens is 1. The third-order valence-electron chi connectivity index (χ3n) is 5.30. The number of carbonyl (C=O) groups is 2. The fourth-order valence-corrected chi connectivity index (χ4v) is 3.37. The molecule has 0 radical (unpaired) electrons. The number of benzene rings is 1. The van der Waals surface area contributed by atoms with E-state index >= 15 is 0 Å². The molecule has 0 spiro atoms. The zero-order chi connectivity index (χ0) is 20.6. The van der Waals surface area contributed by atoms with Crippen LogP contribution in [0.1, 0.15) is 60.5 Å². The number of unbranched alkanes of at least 4 members (excludes halogenated alkanes) is 1. The molecule has 0 atom stereocenters. The minimum absolute atomic E-state index is 0.224. The van der Waals surface area contributed by atoms with E-state index in [0.717, 1.165) is 31.8 Å². The molecule has 1 aromatic heterocycles. The third-order valence-corrected chi connectivity index (χ3v) is 5.30. The summed E-state index contributed by atoms with van der Waals surface area (Å²) >= 11 is 0. The van der Waals surface area contributed by atoms with Gasteiger partial charge in [0.25, 0.3) is 11.8 Å². The monoisotopic (exact) mass is 394 g/mol. The van der Waals surface area contributed by atoms with E-state index in [0.29, 0.717) is 12.2 Å². The molecule has 6 nitrogen and oxygen atoms in total. The van der Waals surface area contributed by atoms with Crippen LogP contribution in [-0.4, -0.2) is 36.4 Å². The Morgan fingerprint density at radius 2 is 1.69 bits per heavy atom. The topological polar surface area (TPSA) is 74.3 Å². The summed E-state index contributed by atoms with van der Waals surface area (Å²) < 4.78 is 0. The molecule has 1 aliphatic heterocycles. The Morgan fingerprint density at radius 3 is 2.34 bits per heavy atom. The van der Waals surface area contributed by atoms with Crippen molar-refractivity contribution in [3.63, 3.8) is 0 Å². The van der Waals surface area contributed by atoms with Crippen LogP contribution in [0, 0.1) is 5.92 Å². The van der Waals surface area contributed by atoms with Crippen molar-refractivity contribution in [2.45, 2.75) is 39.5 Å². The predicted molar refractivity (Wildman–Crippen MR) is 116 cm³/mol. The van der Waals surface area contributed by atoms with Crippen molar-refractivity contribution in [1.29, 1.82) is 0 Å². The summed E-state index contributed by atoms with van der Waals surface area (Å²) in [5.74, 6) is 0.211. The number of amides is 2. The van der Waals surface area contributed by atoms with E-state index in [1.54, 1.807) is 18.2 Å². The fraction of sp³-hybridized carbons (Fsp3) is 0.435. The van der Waals surface area contributed by atoms with Gasteiger partial charge in [-0.2, -0.15) is 0 Å². The molecule has 6 heteroatoms. The highest BCUT2D eigenvalue weighted by atomic mass is 16.2. The first kappa shape index (κ1) is 20.8. The van der Waals surface area contributed by atoms with E-state index in [4.69, 9.17) is 0 Å². The molecule has 29 heavy (non-hydrogen) atoms. The standard InChI is InChI=1S/C23H30N4O2/c1-3-4-14-24-22(28)20-6-5-7-21(26-20)23(29)25-18-8-10-19(11-9-18)27-15-12-17(2)13-16-27/h5-11,17H,3-4,12-16H2,1-2H3,(H,24,28)(H,25,29). The van der Waals surface area contributed by atoms with Gasteiger partial charge in [0.15, 0.2) is 0 Å². The van der Waals surface area contributed by atoms with Crippen LogP contribution in [0.2, 0.25) is 0 Å². The molecule has 0 saturated carbocycles. The van der Waals surface area contributed by atoms with Gasteiger partial charge in [0.05, 0.1) is 0 Å². The summed E-state index contributed by atoms with van der Waals surface area (Å²) in [4.78, 5) is 31.3. The maximum absolute atomic E-state index is 12.6. The van der Waals surface area contributed by atoms with Gasteiger partial charge in [0.2, 0.25) is 0 Å². The molecule has 1 fully saturated rings. The normalized spacial score (nSPS) is 14.5. The Morgan fingerprint density at radius 1 is 1.03 bits per heavy atom. The maximum atomic E-state index is 12.6. The Labute approximate surface area is 172 Å². The highest BCUT2D eigenvalue weighted by Crippen LogP contribution is 2.24. The Balaban J connectivity index is 1.60. The Hall–Kier alpha value is -2.89. The molecule has 0 unspecified atom stereocenters. The molecule has 1 aromatic carbocycles. The van der Waals surface area contributed by atoms with E-state index in [2.05, 4.69) is 34.4 Å². The molecule has 2 aromatic rings. The van der Waals surface area contributed by atoms with Crippen LogP contribution in [0.25, 0.3) is 0 Å². The van der Waals surface area contributed by atoms with Crippen molar-refractivity contribution in [3.8, 4) is 0 Å². The quantitative estimate of drug-likeness (QED) is 0.694. The van der Waals surface area contributed by atoms with E-state index in [9.17, 15) is 9.59 Å². The van der Waals surface area contributed by atoms with Crippen molar-refractivity contribution in [3.05, 3.63) is 53.9 Å². The van der Waals surface area contributed by atoms with Crippen LogP contribution in [0.3, 0.4) is 0 Å². The molecule has 0 bridgehead atoms. The van der Waals surface area contributed by atoms with Crippen LogP contribution in [0.4, 0.5) is 11.4 Å². The van der Waals surface area contributed by atoms with E-state index in [-0.39, 0.29) is 23.2 Å². The number of rotatable bonds is 7. The zero-order valence-corrected chi connectivity index (χ0v) is 17.3. The lowest BCUT2D eigenvalue weighted by atomic mass is 9.99. The van der Waals surface area contributed by atoms with E-state index in [1.165, 1.54) is 18.5 Å². The van der Waals surface area contributed by atoms with Gasteiger partial charge in [0.1, 0.15) is 11.4 Å². The highest BCUT2D eigenvalue weighted by molar-refractivity contribution is 6.03. The molecular weight excluding hydrogens is 364 g/mol. The lowest BCUT2D eigenvalue weighted by Crippen LogP contribution is -2.32. The molecule has 154 valence electrons. The van der Waals surface area contributed by atoms with Gasteiger partial charge < -0.3 is 15.5 Å². The first-order valence-electron chi connectivity index (χ1n) is 10.5. The minimum Gasteiger partial charge on any atom is -0.372 e. The third kappa shape index (κ3) is 5.79. The second kappa shape index (κ2) is 10.0. The van der Waals surface area contributed by atoms with Crippen LogP contribution in [-0.2, 0) is 0 Å². The van der Waals surface area contributed by atoms with Gasteiger partial charge in [-0.05, 0) is 61.6 Å². The van der Waals surface area contributed by atoms with Crippen molar-refractivity contribution in [2.75, 3.05) is 29.9 Å². The molecule has 1 aliphatic rings. The largest absolute Gasteiger partial charge is 0.372 e. The van der Waals surface area contributed by atoms with Crippen LogP contribution >= 0.6 is 0 Å². The van der Waals surface area contributed by atoms with Gasteiger partial charge in [-0.15, -0.1) is 0 Å². The Bertz CT molecular complexity index is 827. The number of pyridine rings is 1. The number of hydrogen-bond acceptors (Lipinski definition) is 4. The first-order valence-corrected chi connectivity index (χ1v) is 10.5. The molecule has 2 N–H and O–H groups in total. The molecule has 2 heterocycles. The summed E-state index contributed by atoms with van der Waals surface area (Å²) in [5, 5.41) is 5.68. The van der Waals surface area contributed by atoms with Gasteiger partial charge in [-0.1, -0.05) is 26.3 Å². The van der Waals surface area contributed by atoms with Crippen molar-refractivity contribution in [2.24, 2.45) is 5.92 Å². The van der Waals surface area contributed by atoms with Crippen molar-refractivity contribution < 1.29 is 9.59 Å². The highest BCUT2D eigenvalue weighted by Gasteiger charge is 2.16. The van der Waals surface area contributed by atoms with Crippen LogP contribution in [0.5, 0.6) is 0 Å². The lowest BCUT2D eigenvalue weighted by Gasteiger charge is -2.32. The first-order chi connectivity index (χ1) is 14.1. The molecule has 2 amide bonds. The summed E-state index contributed by atoms with van der Waals surface area (Å²) in [5.41, 5.74) is 2.37. The van der Waals surface area contributed by atoms with Crippen molar-refractivity contribution >= 4 is 23.2 Å². The second-order valence-electron chi connectivity index (χ2n) is 7.69. The number of hydrogen-bond donors (Lipinski definition) is 2. The van der Waals surface area contributed by atoms with E-state index in [1.807, 2.05) is 24.3 Å². The van der Waals surface area contributed by atoms with Gasteiger partial charge in [0, 0.05) is 31.0 Å². The average Bonchev–Trinajstić information content (AvgIpc) is 2.75. The molecule has 0 aliphatic carbocycles. The number of nitrogens with zero attached hydrogens (tertiary/aromatic N) is 2. The maximum Gasteiger partial charge on any atom is 0.274 e. The summed E-state index contributed by atoms with van der Waals surface area (Å²) in [6.45, 7) is 7.12. The average molecular weight is 395 g/mol. The number of piperidine rings is 1. The van der Waals surface area contributed by atoms with Crippen LogP contribution in [0.15, 0.2) is 42.5 Å². The number of anilines is 2. The van der Waals surface area contributed by atoms with Crippen molar-refractivity contribution in [1.82, 2.24) is 10.3 Å². The minimum atomic E-state index is -0.326. The van der Waals surface area contributed by atoms with Crippen LogP contribution < -0.4 is 15.5 Å². The smallest absolute Gasteiger partial charge is 0.274 e. The molecule has 1 saturated heterocycles. The lowest BCUT2D eigenvalue weighted by molar-refractivity contribution is 0.0948. The van der Waals surface area contributed by atoms with Gasteiger partial charge in [-0.3, -0.25) is 9.59 Å². The van der Waals surface area contributed by atoms with Gasteiger partial charge >= 0.3 is 0 Å². The summed E-state index contributed by atoms with van der Waals surface area (Å²) in [6, 6.07) is 12.8. The molecule has 3 rings (SSSR count). The Kier molecular flexibility index (Phi) is 7.22. The summed E-state index contributed by atoms with van der Waals surface area (Å²) in [6.07, 6.45) is 4.35. The number of carbonyl (C=O) groups excluding carboxylic acids is 2.